The summed E-state index contributed by atoms with van der Waals surface area (Å²) in [6.45, 7) is 4.08. The number of carbonyl (C=O) groups excluding carboxylic acids is 1. The highest BCUT2D eigenvalue weighted by Crippen LogP contribution is 2.53. The van der Waals surface area contributed by atoms with Crippen LogP contribution < -0.4 is 5.32 Å². The molecule has 2 aromatic heterocycles. The van der Waals surface area contributed by atoms with Gasteiger partial charge in [0.05, 0.1) is 21.2 Å². The SMILES string of the molecule is Cc1ccc([N+](=O)[O-])cc1NC(=O)CSc1nnc(-c2cccs2)n1C(C)C1CC2CCC1C2. The van der Waals surface area contributed by atoms with Crippen LogP contribution in [-0.2, 0) is 4.79 Å². The Morgan fingerprint density at radius 2 is 2.18 bits per heavy atom. The van der Waals surface area contributed by atoms with Gasteiger partial charge < -0.3 is 5.32 Å². The number of hydrogen-bond donors (Lipinski definition) is 1. The monoisotopic (exact) mass is 497 g/mol. The number of fused-ring (bicyclic) bond motifs is 2. The molecule has 1 aromatic carbocycles. The highest BCUT2D eigenvalue weighted by molar-refractivity contribution is 7.99. The number of aromatic nitrogens is 3. The molecule has 0 aliphatic heterocycles. The van der Waals surface area contributed by atoms with Crippen LogP contribution in [0, 0.1) is 34.8 Å². The first-order chi connectivity index (χ1) is 16.4. The molecule has 2 aliphatic carbocycles. The van der Waals surface area contributed by atoms with E-state index in [1.54, 1.807) is 17.4 Å². The molecule has 8 nitrogen and oxygen atoms in total. The quantitative estimate of drug-likeness (QED) is 0.234. The van der Waals surface area contributed by atoms with Crippen LogP contribution in [-0.4, -0.2) is 31.3 Å². The molecule has 0 radical (unpaired) electrons. The van der Waals surface area contributed by atoms with E-state index in [2.05, 4.69) is 33.1 Å². The molecule has 1 N–H and O–H groups in total. The van der Waals surface area contributed by atoms with Crippen LogP contribution in [0.1, 0.15) is 44.2 Å². The van der Waals surface area contributed by atoms with Gasteiger partial charge in [0.25, 0.3) is 5.69 Å². The van der Waals surface area contributed by atoms with Crippen molar-refractivity contribution in [2.45, 2.75) is 50.7 Å². The molecule has 10 heteroatoms. The number of rotatable bonds is 8. The number of nitro benzene ring substituents is 1. The minimum absolute atomic E-state index is 0.0476. The van der Waals surface area contributed by atoms with E-state index in [1.807, 2.05) is 18.4 Å². The Bertz CT molecular complexity index is 1210. The van der Waals surface area contributed by atoms with Crippen LogP contribution in [0.15, 0.2) is 40.9 Å². The van der Waals surface area contributed by atoms with E-state index >= 15 is 0 Å². The second kappa shape index (κ2) is 9.50. The lowest BCUT2D eigenvalue weighted by atomic mass is 9.84. The molecular weight excluding hydrogens is 470 g/mol. The number of nitrogens with zero attached hydrogens (tertiary/aromatic N) is 4. The summed E-state index contributed by atoms with van der Waals surface area (Å²) in [5.41, 5.74) is 1.18. The number of benzene rings is 1. The minimum atomic E-state index is -0.463. The van der Waals surface area contributed by atoms with Crippen molar-refractivity contribution in [3.63, 3.8) is 0 Å². The predicted molar refractivity (Wildman–Crippen MR) is 134 cm³/mol. The third-order valence-electron chi connectivity index (χ3n) is 7.26. The first-order valence-electron chi connectivity index (χ1n) is 11.6. The lowest BCUT2D eigenvalue weighted by Crippen LogP contribution is -2.23. The van der Waals surface area contributed by atoms with Gasteiger partial charge in [-0.3, -0.25) is 19.5 Å². The number of aryl methyl sites for hydroxylation is 1. The smallest absolute Gasteiger partial charge is 0.271 e. The molecule has 0 spiro atoms. The highest BCUT2D eigenvalue weighted by atomic mass is 32.2. The van der Waals surface area contributed by atoms with Gasteiger partial charge in [0.2, 0.25) is 5.91 Å². The van der Waals surface area contributed by atoms with E-state index in [0.717, 1.165) is 33.3 Å². The van der Waals surface area contributed by atoms with Crippen molar-refractivity contribution >= 4 is 40.4 Å². The maximum Gasteiger partial charge on any atom is 0.271 e. The molecule has 2 fully saturated rings. The Balaban J connectivity index is 1.34. The van der Waals surface area contributed by atoms with E-state index in [1.165, 1.54) is 49.6 Å². The molecular formula is C24H27N5O3S2. The molecule has 4 unspecified atom stereocenters. The molecule has 1 amide bonds. The third kappa shape index (κ3) is 4.48. The van der Waals surface area contributed by atoms with Crippen molar-refractivity contribution in [1.29, 1.82) is 0 Å². The summed E-state index contributed by atoms with van der Waals surface area (Å²) in [6.07, 6.45) is 5.25. The van der Waals surface area contributed by atoms with Crippen molar-refractivity contribution in [3.05, 3.63) is 51.4 Å². The van der Waals surface area contributed by atoms with E-state index in [-0.39, 0.29) is 23.4 Å². The number of nitrogens with one attached hydrogen (secondary N) is 1. The van der Waals surface area contributed by atoms with E-state index < -0.39 is 4.92 Å². The van der Waals surface area contributed by atoms with Crippen LogP contribution >= 0.6 is 23.1 Å². The summed E-state index contributed by atoms with van der Waals surface area (Å²) in [5, 5.41) is 25.7. The van der Waals surface area contributed by atoms with Gasteiger partial charge in [0.15, 0.2) is 11.0 Å². The Kier molecular flexibility index (Phi) is 6.44. The number of thioether (sulfide) groups is 1. The molecule has 5 rings (SSSR count). The lowest BCUT2D eigenvalue weighted by molar-refractivity contribution is -0.384. The molecule has 4 atom stereocenters. The van der Waals surface area contributed by atoms with Gasteiger partial charge in [-0.25, -0.2) is 0 Å². The van der Waals surface area contributed by atoms with Crippen LogP contribution in [0.4, 0.5) is 11.4 Å². The summed E-state index contributed by atoms with van der Waals surface area (Å²) >= 11 is 3.01. The Morgan fingerprint density at radius 3 is 2.85 bits per heavy atom. The summed E-state index contributed by atoms with van der Waals surface area (Å²) in [7, 11) is 0. The van der Waals surface area contributed by atoms with Gasteiger partial charge in [0.1, 0.15) is 0 Å². The maximum absolute atomic E-state index is 12.7. The number of thiophene rings is 1. The summed E-state index contributed by atoms with van der Waals surface area (Å²) in [4.78, 5) is 24.4. The maximum atomic E-state index is 12.7. The average Bonchev–Trinajstić information content (AvgIpc) is 3.62. The highest BCUT2D eigenvalue weighted by Gasteiger charge is 2.43. The standard InChI is InChI=1S/C24H27N5O3S2/c1-14-5-8-18(29(31)32)12-20(14)25-22(30)13-34-24-27-26-23(21-4-3-9-33-21)28(24)15(2)19-11-16-6-7-17(19)10-16/h3-5,8-9,12,15-17,19H,6-7,10-11,13H2,1-2H3,(H,25,30). The third-order valence-corrected chi connectivity index (χ3v) is 9.07. The van der Waals surface area contributed by atoms with Crippen LogP contribution in [0.3, 0.4) is 0 Å². The molecule has 3 aromatic rings. The summed E-state index contributed by atoms with van der Waals surface area (Å²) in [5.74, 6) is 3.00. The molecule has 178 valence electrons. The average molecular weight is 498 g/mol. The largest absolute Gasteiger partial charge is 0.325 e. The Morgan fingerprint density at radius 1 is 1.32 bits per heavy atom. The van der Waals surface area contributed by atoms with E-state index in [9.17, 15) is 14.9 Å². The zero-order valence-electron chi connectivity index (χ0n) is 19.1. The number of carbonyl (C=O) groups is 1. The number of hydrogen-bond acceptors (Lipinski definition) is 7. The van der Waals surface area contributed by atoms with Crippen LogP contribution in [0.2, 0.25) is 0 Å². The van der Waals surface area contributed by atoms with Crippen molar-refractivity contribution < 1.29 is 9.72 Å². The Labute approximate surface area is 206 Å². The molecule has 2 heterocycles. The van der Waals surface area contributed by atoms with E-state index in [0.29, 0.717) is 11.6 Å². The van der Waals surface area contributed by atoms with Crippen molar-refractivity contribution in [2.75, 3.05) is 11.1 Å². The fraction of sp³-hybridized carbons (Fsp3) is 0.458. The van der Waals surface area contributed by atoms with E-state index in [4.69, 9.17) is 0 Å². The van der Waals surface area contributed by atoms with Gasteiger partial charge in [0, 0.05) is 18.2 Å². The first kappa shape index (κ1) is 23.0. The molecule has 34 heavy (non-hydrogen) atoms. The summed E-state index contributed by atoms with van der Waals surface area (Å²) < 4.78 is 2.23. The summed E-state index contributed by atoms with van der Waals surface area (Å²) in [6, 6.07) is 8.81. The van der Waals surface area contributed by atoms with Crippen molar-refractivity contribution in [2.24, 2.45) is 17.8 Å². The Hall–Kier alpha value is -2.72. The fourth-order valence-corrected chi connectivity index (χ4v) is 7.10. The van der Waals surface area contributed by atoms with Gasteiger partial charge >= 0.3 is 0 Å². The topological polar surface area (TPSA) is 103 Å². The molecule has 2 aliphatic rings. The second-order valence-electron chi connectivity index (χ2n) is 9.33. The van der Waals surface area contributed by atoms with Gasteiger partial charge in [-0.1, -0.05) is 30.3 Å². The zero-order chi connectivity index (χ0) is 23.8. The molecule has 2 saturated carbocycles. The van der Waals surface area contributed by atoms with Crippen LogP contribution in [0.5, 0.6) is 0 Å². The number of anilines is 1. The van der Waals surface area contributed by atoms with Crippen LogP contribution in [0.25, 0.3) is 10.7 Å². The first-order valence-corrected chi connectivity index (χ1v) is 13.4. The zero-order valence-corrected chi connectivity index (χ0v) is 20.8. The normalized spacial score (nSPS) is 22.1. The number of nitro groups is 1. The van der Waals surface area contributed by atoms with Crippen molar-refractivity contribution in [1.82, 2.24) is 14.8 Å². The molecule has 2 bridgehead atoms. The minimum Gasteiger partial charge on any atom is -0.325 e. The lowest BCUT2D eigenvalue weighted by Gasteiger charge is -2.30. The van der Waals surface area contributed by atoms with Gasteiger partial charge in [-0.05, 0) is 67.9 Å². The van der Waals surface area contributed by atoms with Crippen molar-refractivity contribution in [3.8, 4) is 10.7 Å². The second-order valence-corrected chi connectivity index (χ2v) is 11.2. The fourth-order valence-electron chi connectivity index (χ4n) is 5.57. The number of non-ortho nitro benzene ring substituents is 1. The van der Waals surface area contributed by atoms with Gasteiger partial charge in [-0.15, -0.1) is 21.5 Å². The number of amides is 1. The predicted octanol–water partition coefficient (Wildman–Crippen LogP) is 5.95. The van der Waals surface area contributed by atoms with Gasteiger partial charge in [-0.2, -0.15) is 0 Å². The molecule has 0 saturated heterocycles.